The quantitative estimate of drug-likeness (QED) is 0.608. The van der Waals surface area contributed by atoms with Gasteiger partial charge in [0.05, 0.1) is 23.2 Å². The summed E-state index contributed by atoms with van der Waals surface area (Å²) >= 11 is 0. The van der Waals surface area contributed by atoms with Crippen LogP contribution < -0.4 is 5.32 Å². The van der Waals surface area contributed by atoms with E-state index in [0.717, 1.165) is 16.7 Å². The highest BCUT2D eigenvalue weighted by atomic mass is 16.5. The fraction of sp³-hybridized carbons (Fsp3) is 0.167. The van der Waals surface area contributed by atoms with Crippen molar-refractivity contribution in [1.82, 2.24) is 18.9 Å². The molecular weight excluding hydrogens is 318 g/mol. The van der Waals surface area contributed by atoms with Crippen LogP contribution in [0.15, 0.2) is 55.0 Å². The van der Waals surface area contributed by atoms with E-state index in [9.17, 15) is 4.79 Å². The number of carbonyl (C=O) groups is 1. The monoisotopic (exact) mass is 335 g/mol. The number of nitrogens with one attached hydrogen (secondary N) is 1. The summed E-state index contributed by atoms with van der Waals surface area (Å²) < 4.78 is 8.94. The van der Waals surface area contributed by atoms with Crippen molar-refractivity contribution in [3.8, 4) is 0 Å². The molecule has 1 aromatic carbocycles. The number of benzene rings is 1. The molecule has 0 fully saturated rings. The van der Waals surface area contributed by atoms with Crippen molar-refractivity contribution in [2.45, 2.75) is 6.54 Å². The minimum absolute atomic E-state index is 0.218. The van der Waals surface area contributed by atoms with E-state index in [-0.39, 0.29) is 5.91 Å². The fourth-order valence-corrected chi connectivity index (χ4v) is 2.81. The van der Waals surface area contributed by atoms with E-state index in [0.29, 0.717) is 24.7 Å². The minimum atomic E-state index is -0.218. The normalized spacial score (nSPS) is 11.2. The number of amides is 1. The lowest BCUT2D eigenvalue weighted by Gasteiger charge is -2.10. The van der Waals surface area contributed by atoms with Crippen LogP contribution in [-0.4, -0.2) is 38.6 Å². The Hall–Kier alpha value is -3.19. The highest BCUT2D eigenvalue weighted by Crippen LogP contribution is 2.20. The van der Waals surface area contributed by atoms with Gasteiger partial charge in [-0.1, -0.05) is 12.1 Å². The maximum Gasteiger partial charge on any atom is 0.259 e. The average molecular weight is 335 g/mol. The number of nitrogens with zero attached hydrogens (tertiary/aromatic N) is 4. The summed E-state index contributed by atoms with van der Waals surface area (Å²) in [6.07, 6.45) is 5.25. The molecule has 1 amide bonds. The van der Waals surface area contributed by atoms with Gasteiger partial charge in [-0.15, -0.1) is 0 Å². The maximum atomic E-state index is 12.7. The Morgan fingerprint density at radius 2 is 2.12 bits per heavy atom. The molecule has 0 bridgehead atoms. The molecule has 126 valence electrons. The Labute approximate surface area is 143 Å². The van der Waals surface area contributed by atoms with Crippen molar-refractivity contribution >= 4 is 28.5 Å². The molecule has 3 aromatic heterocycles. The summed E-state index contributed by atoms with van der Waals surface area (Å²) in [5.74, 6) is 0.290. The predicted molar refractivity (Wildman–Crippen MR) is 94.8 cm³/mol. The summed E-state index contributed by atoms with van der Waals surface area (Å²) in [5.41, 5.74) is 3.12. The largest absolute Gasteiger partial charge is 0.383 e. The van der Waals surface area contributed by atoms with Crippen molar-refractivity contribution in [2.24, 2.45) is 0 Å². The third-order valence-electron chi connectivity index (χ3n) is 4.05. The summed E-state index contributed by atoms with van der Waals surface area (Å²) in [7, 11) is 1.65. The van der Waals surface area contributed by atoms with E-state index in [1.807, 2.05) is 39.3 Å². The van der Waals surface area contributed by atoms with E-state index in [2.05, 4.69) is 15.3 Å². The van der Waals surface area contributed by atoms with Crippen LogP contribution in [0.4, 0.5) is 5.95 Å². The van der Waals surface area contributed by atoms with Crippen molar-refractivity contribution in [3.05, 3.63) is 60.6 Å². The number of aromatic nitrogens is 4. The molecule has 7 heteroatoms. The lowest BCUT2D eigenvalue weighted by Crippen LogP contribution is -2.17. The van der Waals surface area contributed by atoms with Gasteiger partial charge >= 0.3 is 0 Å². The van der Waals surface area contributed by atoms with Crippen LogP contribution in [0.5, 0.6) is 0 Å². The average Bonchev–Trinajstić information content (AvgIpc) is 3.23. The SMILES string of the molecule is COCCn1c(NC(=O)c2ccc3nccn3c2)nc2ccccc21. The zero-order chi connectivity index (χ0) is 17.2. The van der Waals surface area contributed by atoms with Crippen molar-refractivity contribution in [2.75, 3.05) is 19.0 Å². The second-order valence-electron chi connectivity index (χ2n) is 5.63. The molecule has 0 aliphatic carbocycles. The molecule has 0 aliphatic rings. The Balaban J connectivity index is 1.67. The van der Waals surface area contributed by atoms with Gasteiger partial charge in [-0.3, -0.25) is 10.1 Å². The molecule has 1 N–H and O–H groups in total. The van der Waals surface area contributed by atoms with Crippen LogP contribution >= 0.6 is 0 Å². The first-order valence-electron chi connectivity index (χ1n) is 7.94. The fourth-order valence-electron chi connectivity index (χ4n) is 2.81. The Morgan fingerprint density at radius 1 is 1.24 bits per heavy atom. The smallest absolute Gasteiger partial charge is 0.259 e. The van der Waals surface area contributed by atoms with Crippen molar-refractivity contribution < 1.29 is 9.53 Å². The number of fused-ring (bicyclic) bond motifs is 2. The van der Waals surface area contributed by atoms with Crippen LogP contribution in [0.3, 0.4) is 0 Å². The molecule has 4 rings (SSSR count). The number of anilines is 1. The van der Waals surface area contributed by atoms with Crippen molar-refractivity contribution in [1.29, 1.82) is 0 Å². The van der Waals surface area contributed by atoms with Gasteiger partial charge in [-0.25, -0.2) is 9.97 Å². The number of ether oxygens (including phenoxy) is 1. The number of rotatable bonds is 5. The van der Waals surface area contributed by atoms with Gasteiger partial charge in [-0.2, -0.15) is 0 Å². The van der Waals surface area contributed by atoms with Crippen LogP contribution in [0, 0.1) is 0 Å². The molecule has 7 nitrogen and oxygen atoms in total. The second kappa shape index (κ2) is 6.37. The van der Waals surface area contributed by atoms with Gasteiger partial charge in [0.2, 0.25) is 5.95 Å². The first-order chi connectivity index (χ1) is 12.3. The number of hydrogen-bond donors (Lipinski definition) is 1. The number of carbonyl (C=O) groups excluding carboxylic acids is 1. The number of imidazole rings is 2. The Morgan fingerprint density at radius 3 is 3.00 bits per heavy atom. The van der Waals surface area contributed by atoms with Gasteiger partial charge in [0.25, 0.3) is 5.91 Å². The molecular formula is C18H17N5O2. The maximum absolute atomic E-state index is 12.7. The van der Waals surface area contributed by atoms with E-state index >= 15 is 0 Å². The molecule has 0 saturated heterocycles. The number of hydrogen-bond acceptors (Lipinski definition) is 4. The van der Waals surface area contributed by atoms with Crippen LogP contribution in [0.2, 0.25) is 0 Å². The van der Waals surface area contributed by atoms with Crippen molar-refractivity contribution in [3.63, 3.8) is 0 Å². The third-order valence-corrected chi connectivity index (χ3v) is 4.05. The minimum Gasteiger partial charge on any atom is -0.383 e. The van der Waals surface area contributed by atoms with Gasteiger partial charge in [0.1, 0.15) is 5.65 Å². The summed E-state index contributed by atoms with van der Waals surface area (Å²) in [4.78, 5) is 21.4. The van der Waals surface area contributed by atoms with E-state index in [4.69, 9.17) is 4.74 Å². The molecule has 0 radical (unpaired) electrons. The van der Waals surface area contributed by atoms with Gasteiger partial charge in [0.15, 0.2) is 0 Å². The lowest BCUT2D eigenvalue weighted by atomic mass is 10.2. The zero-order valence-electron chi connectivity index (χ0n) is 13.7. The molecule has 0 atom stereocenters. The number of methoxy groups -OCH3 is 1. The zero-order valence-corrected chi connectivity index (χ0v) is 13.7. The van der Waals surface area contributed by atoms with Crippen LogP contribution in [0.25, 0.3) is 16.7 Å². The number of pyridine rings is 1. The Bertz CT molecular complexity index is 1050. The third kappa shape index (κ3) is 2.85. The van der Waals surface area contributed by atoms with Gasteiger partial charge in [0, 0.05) is 32.2 Å². The topological polar surface area (TPSA) is 73.5 Å². The standard InChI is InChI=1S/C18H17N5O2/c1-25-11-10-23-15-5-3-2-4-14(15)20-18(23)21-17(24)13-6-7-16-19-8-9-22(16)12-13/h2-9,12H,10-11H2,1H3,(H,20,21,24). The molecule has 3 heterocycles. The number of para-hydroxylation sites is 2. The molecule has 4 aromatic rings. The summed E-state index contributed by atoms with van der Waals surface area (Å²) in [5, 5.41) is 2.91. The van der Waals surface area contributed by atoms with Gasteiger partial charge in [-0.05, 0) is 24.3 Å². The first-order valence-corrected chi connectivity index (χ1v) is 7.94. The summed E-state index contributed by atoms with van der Waals surface area (Å²) in [6.45, 7) is 1.14. The lowest BCUT2D eigenvalue weighted by molar-refractivity contribution is 0.102. The second-order valence-corrected chi connectivity index (χ2v) is 5.63. The highest BCUT2D eigenvalue weighted by molar-refractivity contribution is 6.04. The van der Waals surface area contributed by atoms with E-state index in [1.165, 1.54) is 0 Å². The Kier molecular flexibility index (Phi) is 3.91. The van der Waals surface area contributed by atoms with Crippen LogP contribution in [0.1, 0.15) is 10.4 Å². The van der Waals surface area contributed by atoms with Gasteiger partial charge < -0.3 is 13.7 Å². The first kappa shape index (κ1) is 15.3. The van der Waals surface area contributed by atoms with Crippen LogP contribution in [-0.2, 0) is 11.3 Å². The molecule has 25 heavy (non-hydrogen) atoms. The molecule has 0 unspecified atom stereocenters. The van der Waals surface area contributed by atoms with E-state index < -0.39 is 0 Å². The highest BCUT2D eigenvalue weighted by Gasteiger charge is 2.14. The molecule has 0 aliphatic heterocycles. The summed E-state index contributed by atoms with van der Waals surface area (Å²) in [6, 6.07) is 11.3. The predicted octanol–water partition coefficient (Wildman–Crippen LogP) is 2.58. The molecule has 0 saturated carbocycles. The van der Waals surface area contributed by atoms with E-state index in [1.54, 1.807) is 31.8 Å². The molecule has 0 spiro atoms.